The van der Waals surface area contributed by atoms with Crippen molar-refractivity contribution in [2.45, 2.75) is 59.6 Å². The Labute approximate surface area is 161 Å². The molecule has 1 aromatic rings. The molecule has 1 aromatic heterocycles. The van der Waals surface area contributed by atoms with E-state index in [2.05, 4.69) is 15.2 Å². The molecule has 7 heteroatoms. The minimum Gasteiger partial charge on any atom is -0.466 e. The fourth-order valence-electron chi connectivity index (χ4n) is 3.02. The summed E-state index contributed by atoms with van der Waals surface area (Å²) >= 11 is 0. The first-order valence-electron chi connectivity index (χ1n) is 9.46. The molecular weight excluding hydrogens is 346 g/mol. The van der Waals surface area contributed by atoms with Crippen LogP contribution in [0.25, 0.3) is 0 Å². The summed E-state index contributed by atoms with van der Waals surface area (Å²) in [6.45, 7) is 12.1. The zero-order chi connectivity index (χ0) is 20.1. The predicted octanol–water partition coefficient (Wildman–Crippen LogP) is 3.59. The van der Waals surface area contributed by atoms with Gasteiger partial charge in [0.2, 0.25) is 0 Å². The minimum absolute atomic E-state index is 0.0996. The standard InChI is InChI=1S/C20H31N3O4/c1-6-26-17(24)20(5)8-11-23(12-9-20)14-15-7-10-21-16(13-15)22-18(25)27-19(2,3)4/h7,10,13H,6,8-9,11-12,14H2,1-5H3,(H,21,22,25). The maximum atomic E-state index is 12.1. The number of carbonyl (C=O) groups is 2. The third-order valence-electron chi connectivity index (χ3n) is 4.59. The highest BCUT2D eigenvalue weighted by molar-refractivity contribution is 5.83. The second kappa shape index (κ2) is 8.69. The second-order valence-corrected chi connectivity index (χ2v) is 8.23. The van der Waals surface area contributed by atoms with Crippen LogP contribution in [0.3, 0.4) is 0 Å². The molecule has 0 spiro atoms. The van der Waals surface area contributed by atoms with Gasteiger partial charge in [-0.05, 0) is 78.2 Å². The minimum atomic E-state index is -0.554. The number of hydrogen-bond donors (Lipinski definition) is 1. The molecule has 1 aliphatic heterocycles. The van der Waals surface area contributed by atoms with E-state index in [0.717, 1.165) is 38.0 Å². The molecule has 1 amide bonds. The van der Waals surface area contributed by atoms with Gasteiger partial charge in [-0.15, -0.1) is 0 Å². The van der Waals surface area contributed by atoms with Crippen LogP contribution in [-0.2, 0) is 20.8 Å². The van der Waals surface area contributed by atoms with E-state index >= 15 is 0 Å². The predicted molar refractivity (Wildman–Crippen MR) is 103 cm³/mol. The van der Waals surface area contributed by atoms with Crippen LogP contribution in [0.1, 0.15) is 53.0 Å². The first-order chi connectivity index (χ1) is 12.6. The van der Waals surface area contributed by atoms with Crippen molar-refractivity contribution in [3.63, 3.8) is 0 Å². The van der Waals surface area contributed by atoms with Gasteiger partial charge < -0.3 is 9.47 Å². The van der Waals surface area contributed by atoms with Crippen molar-refractivity contribution in [1.82, 2.24) is 9.88 Å². The van der Waals surface area contributed by atoms with Crippen molar-refractivity contribution >= 4 is 17.9 Å². The number of anilines is 1. The molecule has 0 bridgehead atoms. The van der Waals surface area contributed by atoms with E-state index in [9.17, 15) is 9.59 Å². The largest absolute Gasteiger partial charge is 0.466 e. The van der Waals surface area contributed by atoms with Crippen LogP contribution in [0.4, 0.5) is 10.6 Å². The Kier molecular flexibility index (Phi) is 6.81. The molecule has 0 radical (unpaired) electrons. The number of hydrogen-bond acceptors (Lipinski definition) is 6. The number of nitrogens with one attached hydrogen (secondary N) is 1. The number of nitrogens with zero attached hydrogens (tertiary/aromatic N) is 2. The summed E-state index contributed by atoms with van der Waals surface area (Å²) in [6.07, 6.45) is 2.71. The Bertz CT molecular complexity index is 661. The number of carbonyl (C=O) groups excluding carboxylic acids is 2. The summed E-state index contributed by atoms with van der Waals surface area (Å²) in [5.41, 5.74) is 0.103. The van der Waals surface area contributed by atoms with Gasteiger partial charge in [0.1, 0.15) is 11.4 Å². The number of piperidine rings is 1. The molecule has 1 aliphatic rings. The number of ether oxygens (including phenoxy) is 2. The van der Waals surface area contributed by atoms with E-state index in [0.29, 0.717) is 12.4 Å². The molecule has 2 heterocycles. The number of pyridine rings is 1. The van der Waals surface area contributed by atoms with Gasteiger partial charge in [-0.25, -0.2) is 9.78 Å². The average Bonchev–Trinajstić information content (AvgIpc) is 2.56. The van der Waals surface area contributed by atoms with Crippen molar-refractivity contribution in [3.8, 4) is 0 Å². The third kappa shape index (κ3) is 6.50. The zero-order valence-corrected chi connectivity index (χ0v) is 17.0. The van der Waals surface area contributed by atoms with Gasteiger partial charge in [0.25, 0.3) is 0 Å². The van der Waals surface area contributed by atoms with Crippen LogP contribution in [0, 0.1) is 5.41 Å². The summed E-state index contributed by atoms with van der Waals surface area (Å²) in [5, 5.41) is 2.67. The first-order valence-corrected chi connectivity index (χ1v) is 9.46. The van der Waals surface area contributed by atoms with Crippen molar-refractivity contribution in [2.24, 2.45) is 5.41 Å². The zero-order valence-electron chi connectivity index (χ0n) is 17.0. The number of esters is 1. The molecule has 0 aromatic carbocycles. The first kappa shape index (κ1) is 21.2. The smallest absolute Gasteiger partial charge is 0.413 e. The Morgan fingerprint density at radius 1 is 1.30 bits per heavy atom. The van der Waals surface area contributed by atoms with Crippen LogP contribution in [0.15, 0.2) is 18.3 Å². The lowest BCUT2D eigenvalue weighted by molar-refractivity contribution is -0.157. The molecule has 0 aliphatic carbocycles. The van der Waals surface area contributed by atoms with E-state index in [4.69, 9.17) is 9.47 Å². The van der Waals surface area contributed by atoms with E-state index in [1.807, 2.05) is 46.8 Å². The summed E-state index contributed by atoms with van der Waals surface area (Å²) in [5.74, 6) is 0.368. The molecule has 1 N–H and O–H groups in total. The molecule has 0 saturated carbocycles. The van der Waals surface area contributed by atoms with Crippen molar-refractivity contribution in [3.05, 3.63) is 23.9 Å². The van der Waals surface area contributed by atoms with Gasteiger partial charge in [0.15, 0.2) is 0 Å². The maximum absolute atomic E-state index is 12.1. The van der Waals surface area contributed by atoms with E-state index in [1.165, 1.54) is 0 Å². The van der Waals surface area contributed by atoms with Gasteiger partial charge in [0.05, 0.1) is 12.0 Å². The lowest BCUT2D eigenvalue weighted by atomic mass is 9.80. The second-order valence-electron chi connectivity index (χ2n) is 8.23. The molecule has 0 atom stereocenters. The van der Waals surface area contributed by atoms with Gasteiger partial charge in [-0.3, -0.25) is 15.0 Å². The van der Waals surface area contributed by atoms with Crippen LogP contribution < -0.4 is 5.32 Å². The summed E-state index contributed by atoms with van der Waals surface area (Å²) in [4.78, 5) is 30.5. The molecule has 7 nitrogen and oxygen atoms in total. The highest BCUT2D eigenvalue weighted by atomic mass is 16.6. The van der Waals surface area contributed by atoms with Gasteiger partial charge in [-0.2, -0.15) is 0 Å². The fraction of sp³-hybridized carbons (Fsp3) is 0.650. The topological polar surface area (TPSA) is 80.8 Å². The molecule has 27 heavy (non-hydrogen) atoms. The lowest BCUT2D eigenvalue weighted by Crippen LogP contribution is -2.43. The molecule has 150 valence electrons. The highest BCUT2D eigenvalue weighted by Crippen LogP contribution is 2.32. The number of aromatic nitrogens is 1. The Morgan fingerprint density at radius 3 is 2.56 bits per heavy atom. The van der Waals surface area contributed by atoms with Crippen LogP contribution in [0.5, 0.6) is 0 Å². The lowest BCUT2D eigenvalue weighted by Gasteiger charge is -2.37. The molecular formula is C20H31N3O4. The maximum Gasteiger partial charge on any atom is 0.413 e. The van der Waals surface area contributed by atoms with E-state index in [1.54, 1.807) is 6.20 Å². The number of likely N-dealkylation sites (tertiary alicyclic amines) is 1. The van der Waals surface area contributed by atoms with Crippen LogP contribution in [-0.4, -0.2) is 47.2 Å². The summed E-state index contributed by atoms with van der Waals surface area (Å²) < 4.78 is 10.5. The van der Waals surface area contributed by atoms with Crippen LogP contribution in [0.2, 0.25) is 0 Å². The Hall–Kier alpha value is -2.15. The monoisotopic (exact) mass is 377 g/mol. The number of rotatable bonds is 5. The van der Waals surface area contributed by atoms with Crippen LogP contribution >= 0.6 is 0 Å². The molecule has 1 fully saturated rings. The van der Waals surface area contributed by atoms with E-state index in [-0.39, 0.29) is 5.97 Å². The van der Waals surface area contributed by atoms with E-state index < -0.39 is 17.1 Å². The number of amides is 1. The average molecular weight is 377 g/mol. The van der Waals surface area contributed by atoms with Gasteiger partial charge in [-0.1, -0.05) is 0 Å². The van der Waals surface area contributed by atoms with Crippen molar-refractivity contribution < 1.29 is 19.1 Å². The normalized spacial score (nSPS) is 17.2. The molecule has 2 rings (SSSR count). The molecule has 1 saturated heterocycles. The Balaban J connectivity index is 1.90. The SMILES string of the molecule is CCOC(=O)C1(C)CCN(Cc2ccnc(NC(=O)OC(C)(C)C)c2)CC1. The third-order valence-corrected chi connectivity index (χ3v) is 4.59. The summed E-state index contributed by atoms with van der Waals surface area (Å²) in [7, 11) is 0. The van der Waals surface area contributed by atoms with Crippen molar-refractivity contribution in [2.75, 3.05) is 25.0 Å². The fourth-order valence-corrected chi connectivity index (χ4v) is 3.02. The van der Waals surface area contributed by atoms with Gasteiger partial charge >= 0.3 is 12.1 Å². The summed E-state index contributed by atoms with van der Waals surface area (Å²) in [6, 6.07) is 3.78. The highest BCUT2D eigenvalue weighted by Gasteiger charge is 2.38. The molecule has 0 unspecified atom stereocenters. The van der Waals surface area contributed by atoms with Gasteiger partial charge in [0, 0.05) is 12.7 Å². The quantitative estimate of drug-likeness (QED) is 0.790. The Morgan fingerprint density at radius 2 is 1.96 bits per heavy atom. The van der Waals surface area contributed by atoms with Crippen molar-refractivity contribution in [1.29, 1.82) is 0 Å².